The van der Waals surface area contributed by atoms with Gasteiger partial charge in [0, 0.05) is 7.05 Å². The highest BCUT2D eigenvalue weighted by Crippen LogP contribution is 2.20. The van der Waals surface area contributed by atoms with Crippen LogP contribution >= 0.6 is 11.8 Å². The van der Waals surface area contributed by atoms with Crippen LogP contribution in [0.2, 0.25) is 0 Å². The van der Waals surface area contributed by atoms with Gasteiger partial charge in [0.1, 0.15) is 5.37 Å². The third kappa shape index (κ3) is 0.927. The molecule has 0 aromatic carbocycles. The van der Waals surface area contributed by atoms with Crippen molar-refractivity contribution in [1.82, 2.24) is 4.90 Å². The molecule has 0 spiro atoms. The summed E-state index contributed by atoms with van der Waals surface area (Å²) in [6, 6.07) is 0. The molecule has 0 saturated carbocycles. The summed E-state index contributed by atoms with van der Waals surface area (Å²) in [5, 5.41) is -0.949. The summed E-state index contributed by atoms with van der Waals surface area (Å²) in [5.74, 6) is -0.315. The molecule has 9 heavy (non-hydrogen) atoms. The van der Waals surface area contributed by atoms with Crippen LogP contribution in [0.15, 0.2) is 0 Å². The van der Waals surface area contributed by atoms with Gasteiger partial charge in [-0.3, -0.25) is 14.5 Å². The monoisotopic (exact) mass is 146 g/mol. The van der Waals surface area contributed by atoms with Gasteiger partial charge < -0.3 is 5.73 Å². The van der Waals surface area contributed by atoms with Crippen molar-refractivity contribution < 1.29 is 9.59 Å². The summed E-state index contributed by atoms with van der Waals surface area (Å²) in [7, 11) is 1.42. The van der Waals surface area contributed by atoms with Gasteiger partial charge in [-0.25, -0.2) is 0 Å². The first-order valence-electron chi connectivity index (χ1n) is 2.36. The summed E-state index contributed by atoms with van der Waals surface area (Å²) in [4.78, 5) is 22.3. The van der Waals surface area contributed by atoms with Crippen molar-refractivity contribution in [3.8, 4) is 0 Å². The predicted octanol–water partition coefficient (Wildman–Crippen LogP) is -0.404. The lowest BCUT2D eigenvalue weighted by Gasteiger charge is -2.01. The van der Waals surface area contributed by atoms with Crippen LogP contribution in [0.4, 0.5) is 4.79 Å². The third-order valence-corrected chi connectivity index (χ3v) is 2.01. The molecule has 1 heterocycles. The van der Waals surface area contributed by atoms with Crippen LogP contribution in [0, 0.1) is 0 Å². The third-order valence-electron chi connectivity index (χ3n) is 1.08. The summed E-state index contributed by atoms with van der Waals surface area (Å²) >= 11 is 0.852. The van der Waals surface area contributed by atoms with Crippen LogP contribution in [-0.2, 0) is 4.79 Å². The van der Waals surface area contributed by atoms with E-state index in [9.17, 15) is 9.59 Å². The fraction of sp³-hybridized carbons (Fsp3) is 0.500. The minimum absolute atomic E-state index is 0.271. The lowest BCUT2D eigenvalue weighted by atomic mass is 10.6. The van der Waals surface area contributed by atoms with Gasteiger partial charge in [0.25, 0.3) is 11.1 Å². The van der Waals surface area contributed by atoms with Gasteiger partial charge >= 0.3 is 0 Å². The van der Waals surface area contributed by atoms with E-state index < -0.39 is 5.37 Å². The van der Waals surface area contributed by atoms with Crippen molar-refractivity contribution in [2.75, 3.05) is 7.05 Å². The lowest BCUT2D eigenvalue weighted by Crippen LogP contribution is -2.31. The molecule has 1 fully saturated rings. The molecule has 0 aromatic heterocycles. The van der Waals surface area contributed by atoms with Crippen LogP contribution in [-0.4, -0.2) is 28.5 Å². The van der Waals surface area contributed by atoms with Crippen molar-refractivity contribution >= 4 is 22.9 Å². The fourth-order valence-corrected chi connectivity index (χ4v) is 1.24. The summed E-state index contributed by atoms with van der Waals surface area (Å²) in [5.41, 5.74) is 5.21. The number of carbonyl (C=O) groups is 2. The van der Waals surface area contributed by atoms with Crippen molar-refractivity contribution in [2.24, 2.45) is 5.73 Å². The maximum absolute atomic E-state index is 10.7. The number of hydrogen-bond acceptors (Lipinski definition) is 4. The second kappa shape index (κ2) is 2.00. The first-order chi connectivity index (χ1) is 4.13. The highest BCUT2D eigenvalue weighted by molar-refractivity contribution is 8.15. The smallest absolute Gasteiger partial charge is 0.290 e. The molecular weight excluding hydrogens is 140 g/mol. The molecule has 1 aliphatic rings. The zero-order valence-electron chi connectivity index (χ0n) is 4.83. The number of nitrogens with two attached hydrogens (primary N) is 1. The number of carbonyl (C=O) groups excluding carboxylic acids is 2. The van der Waals surface area contributed by atoms with Gasteiger partial charge in [-0.2, -0.15) is 0 Å². The first kappa shape index (κ1) is 6.57. The van der Waals surface area contributed by atoms with E-state index in [1.54, 1.807) is 0 Å². The molecule has 50 valence electrons. The SMILES string of the molecule is CN1C(=O)SC(N)C1=O. The van der Waals surface area contributed by atoms with Gasteiger partial charge in [0.15, 0.2) is 0 Å². The Kier molecular flexibility index (Phi) is 1.46. The molecule has 1 atom stereocenters. The quantitative estimate of drug-likeness (QED) is 0.505. The minimum Gasteiger partial charge on any atom is -0.311 e. The number of nitrogens with zero attached hydrogens (tertiary/aromatic N) is 1. The first-order valence-corrected chi connectivity index (χ1v) is 3.24. The van der Waals surface area contributed by atoms with E-state index in [1.807, 2.05) is 0 Å². The summed E-state index contributed by atoms with van der Waals surface area (Å²) in [6.45, 7) is 0. The highest BCUT2D eigenvalue weighted by atomic mass is 32.2. The van der Waals surface area contributed by atoms with E-state index in [0.717, 1.165) is 16.7 Å². The number of amides is 2. The van der Waals surface area contributed by atoms with Crippen LogP contribution in [0.1, 0.15) is 0 Å². The van der Waals surface area contributed by atoms with E-state index in [2.05, 4.69) is 0 Å². The topological polar surface area (TPSA) is 63.4 Å². The Labute approximate surface area is 56.4 Å². The van der Waals surface area contributed by atoms with Gasteiger partial charge in [-0.05, 0) is 11.8 Å². The van der Waals surface area contributed by atoms with E-state index in [4.69, 9.17) is 5.73 Å². The molecule has 2 N–H and O–H groups in total. The number of hydrogen-bond donors (Lipinski definition) is 1. The molecule has 4 nitrogen and oxygen atoms in total. The molecule has 1 aliphatic heterocycles. The van der Waals surface area contributed by atoms with Crippen LogP contribution < -0.4 is 5.73 Å². The van der Waals surface area contributed by atoms with Crippen LogP contribution in [0.3, 0.4) is 0 Å². The Morgan fingerprint density at radius 2 is 2.22 bits per heavy atom. The fourth-order valence-electron chi connectivity index (χ4n) is 0.519. The van der Waals surface area contributed by atoms with Crippen molar-refractivity contribution in [3.63, 3.8) is 0 Å². The average Bonchev–Trinajstić information content (AvgIpc) is 1.98. The lowest BCUT2D eigenvalue weighted by molar-refractivity contribution is -0.125. The molecule has 1 saturated heterocycles. The van der Waals surface area contributed by atoms with Crippen molar-refractivity contribution in [3.05, 3.63) is 0 Å². The number of imide groups is 1. The van der Waals surface area contributed by atoms with Gasteiger partial charge in [-0.1, -0.05) is 0 Å². The Morgan fingerprint density at radius 1 is 1.67 bits per heavy atom. The molecule has 0 aliphatic carbocycles. The second-order valence-corrected chi connectivity index (χ2v) is 2.79. The molecule has 0 radical (unpaired) electrons. The molecule has 0 bridgehead atoms. The van der Waals surface area contributed by atoms with Crippen molar-refractivity contribution in [2.45, 2.75) is 5.37 Å². The van der Waals surface area contributed by atoms with Gasteiger partial charge in [-0.15, -0.1) is 0 Å². The molecule has 1 unspecified atom stereocenters. The van der Waals surface area contributed by atoms with E-state index in [1.165, 1.54) is 7.05 Å². The maximum atomic E-state index is 10.7. The molecule has 1 rings (SSSR count). The summed E-state index contributed by atoms with van der Waals surface area (Å²) < 4.78 is 0. The molecule has 5 heteroatoms. The number of rotatable bonds is 0. The van der Waals surface area contributed by atoms with Crippen molar-refractivity contribution in [1.29, 1.82) is 0 Å². The van der Waals surface area contributed by atoms with Gasteiger partial charge in [0.2, 0.25) is 0 Å². The number of thioether (sulfide) groups is 1. The molecular formula is C4H6N2O2S. The standard InChI is InChI=1S/C4H6N2O2S/c1-6-3(7)2(5)9-4(6)8/h2H,5H2,1H3. The zero-order valence-corrected chi connectivity index (χ0v) is 5.64. The Balaban J connectivity index is 2.77. The molecule has 0 aromatic rings. The molecule has 2 amide bonds. The van der Waals surface area contributed by atoms with Crippen LogP contribution in [0.25, 0.3) is 0 Å². The maximum Gasteiger partial charge on any atom is 0.290 e. The Morgan fingerprint density at radius 3 is 2.33 bits per heavy atom. The normalized spacial score (nSPS) is 27.8. The average molecular weight is 146 g/mol. The van der Waals surface area contributed by atoms with E-state index in [0.29, 0.717) is 0 Å². The minimum atomic E-state index is -0.678. The predicted molar refractivity (Wildman–Crippen MR) is 33.7 cm³/mol. The van der Waals surface area contributed by atoms with Gasteiger partial charge in [0.05, 0.1) is 0 Å². The zero-order chi connectivity index (χ0) is 7.02. The van der Waals surface area contributed by atoms with E-state index >= 15 is 0 Å². The number of likely N-dealkylation sites (N-methyl/N-ethyl adjacent to an activating group) is 1. The Hall–Kier alpha value is -0.550. The largest absolute Gasteiger partial charge is 0.311 e. The highest BCUT2D eigenvalue weighted by Gasteiger charge is 2.33. The van der Waals surface area contributed by atoms with Crippen LogP contribution in [0.5, 0.6) is 0 Å². The van der Waals surface area contributed by atoms with E-state index in [-0.39, 0.29) is 11.1 Å². The second-order valence-electron chi connectivity index (χ2n) is 1.70. The Bertz CT molecular complexity index is 170. The summed E-state index contributed by atoms with van der Waals surface area (Å²) in [6.07, 6.45) is 0.